The van der Waals surface area contributed by atoms with Crippen LogP contribution >= 0.6 is 11.6 Å². The highest BCUT2D eigenvalue weighted by Crippen LogP contribution is 2.45. The van der Waals surface area contributed by atoms with Crippen molar-refractivity contribution in [3.63, 3.8) is 0 Å². The molecule has 0 unspecified atom stereocenters. The molecule has 0 bridgehead atoms. The predicted octanol–water partition coefficient (Wildman–Crippen LogP) is 4.53. The molecule has 6 heteroatoms. The number of nitrogens with zero attached hydrogens (tertiary/aromatic N) is 1. The molecule has 0 aliphatic carbocycles. The molecule has 0 aromatic carbocycles. The minimum atomic E-state index is -2.00. The van der Waals surface area contributed by atoms with Crippen LogP contribution in [0.2, 0.25) is 18.1 Å². The minimum Gasteiger partial charge on any atom is -0.541 e. The number of ether oxygens (including phenoxy) is 2. The highest BCUT2D eigenvalue weighted by Gasteiger charge is 2.40. The van der Waals surface area contributed by atoms with E-state index < -0.39 is 8.32 Å². The Labute approximate surface area is 133 Å². The molecule has 0 fully saturated rings. The molecular formula is C15H26ClNO3Si. The lowest BCUT2D eigenvalue weighted by Crippen LogP contribution is -2.44. The second kappa shape index (κ2) is 6.44. The van der Waals surface area contributed by atoms with Gasteiger partial charge in [0.2, 0.25) is 5.75 Å². The maximum Gasteiger partial charge on any atom is 0.261 e. The van der Waals surface area contributed by atoms with Gasteiger partial charge >= 0.3 is 0 Å². The van der Waals surface area contributed by atoms with E-state index in [1.54, 1.807) is 14.2 Å². The highest BCUT2D eigenvalue weighted by molar-refractivity contribution is 6.74. The lowest BCUT2D eigenvalue weighted by molar-refractivity contribution is 0.327. The summed E-state index contributed by atoms with van der Waals surface area (Å²) in [6.07, 6.45) is 0. The first-order chi connectivity index (χ1) is 9.59. The van der Waals surface area contributed by atoms with Gasteiger partial charge in [0.1, 0.15) is 0 Å². The lowest BCUT2D eigenvalue weighted by atomic mass is 10.2. The normalized spacial score (nSPS) is 12.2. The monoisotopic (exact) mass is 331 g/mol. The molecule has 1 rings (SSSR count). The fourth-order valence-electron chi connectivity index (χ4n) is 1.64. The molecule has 1 aromatic rings. The van der Waals surface area contributed by atoms with E-state index in [-0.39, 0.29) is 5.04 Å². The first-order valence-electron chi connectivity index (χ1n) is 6.95. The van der Waals surface area contributed by atoms with Crippen molar-refractivity contribution >= 4 is 19.9 Å². The standard InChI is InChI=1S/C15H26ClNO3Si/c1-10-11(9-16)17-14(19-6)13(18-5)12(10)20-21(7,8)15(2,3)4/h9H2,1-8H3. The van der Waals surface area contributed by atoms with Crippen LogP contribution in [0.1, 0.15) is 32.0 Å². The fourth-order valence-corrected chi connectivity index (χ4v) is 2.96. The van der Waals surface area contributed by atoms with Crippen molar-refractivity contribution in [3.05, 3.63) is 11.3 Å². The molecule has 1 aromatic heterocycles. The second-order valence-electron chi connectivity index (χ2n) is 6.55. The first-order valence-corrected chi connectivity index (χ1v) is 10.4. The van der Waals surface area contributed by atoms with Crippen molar-refractivity contribution in [2.45, 2.75) is 51.7 Å². The molecular weight excluding hydrogens is 306 g/mol. The maximum atomic E-state index is 6.44. The minimum absolute atomic E-state index is 0.0854. The predicted molar refractivity (Wildman–Crippen MR) is 89.5 cm³/mol. The summed E-state index contributed by atoms with van der Waals surface area (Å²) in [7, 11) is 1.16. The van der Waals surface area contributed by atoms with Crippen molar-refractivity contribution in [2.24, 2.45) is 0 Å². The van der Waals surface area contributed by atoms with Crippen LogP contribution in [-0.2, 0) is 5.88 Å². The van der Waals surface area contributed by atoms with Crippen molar-refractivity contribution in [3.8, 4) is 17.4 Å². The quantitative estimate of drug-likeness (QED) is 0.587. The molecule has 0 spiro atoms. The topological polar surface area (TPSA) is 40.6 Å². The molecule has 0 saturated heterocycles. The van der Waals surface area contributed by atoms with Gasteiger partial charge in [-0.15, -0.1) is 11.6 Å². The summed E-state index contributed by atoms with van der Waals surface area (Å²) < 4.78 is 17.2. The molecule has 0 saturated carbocycles. The number of rotatable bonds is 5. The summed E-state index contributed by atoms with van der Waals surface area (Å²) in [6.45, 7) is 12.9. The summed E-state index contributed by atoms with van der Waals surface area (Å²) in [6, 6.07) is 0. The summed E-state index contributed by atoms with van der Waals surface area (Å²) in [5.41, 5.74) is 1.66. The molecule has 1 heterocycles. The molecule has 4 nitrogen and oxygen atoms in total. The average Bonchev–Trinajstić information content (AvgIpc) is 2.39. The smallest absolute Gasteiger partial charge is 0.261 e. The van der Waals surface area contributed by atoms with Gasteiger partial charge in [0.25, 0.3) is 14.2 Å². The van der Waals surface area contributed by atoms with Gasteiger partial charge in [0, 0.05) is 5.56 Å². The molecule has 0 atom stereocenters. The summed E-state index contributed by atoms with van der Waals surface area (Å²) >= 11 is 5.99. The van der Waals surface area contributed by atoms with Gasteiger partial charge in [-0.3, -0.25) is 0 Å². The summed E-state index contributed by atoms with van der Waals surface area (Å²) in [4.78, 5) is 4.39. The number of halogens is 1. The van der Waals surface area contributed by atoms with Crippen LogP contribution in [-0.4, -0.2) is 27.5 Å². The first kappa shape index (κ1) is 18.1. The Hall–Kier alpha value is -0.943. The van der Waals surface area contributed by atoms with Crippen LogP contribution in [0, 0.1) is 6.92 Å². The van der Waals surface area contributed by atoms with Crippen LogP contribution in [0.4, 0.5) is 0 Å². The summed E-state index contributed by atoms with van der Waals surface area (Å²) in [5.74, 6) is 1.95. The largest absolute Gasteiger partial charge is 0.541 e. The zero-order valence-electron chi connectivity index (χ0n) is 14.3. The van der Waals surface area contributed by atoms with Crippen molar-refractivity contribution in [2.75, 3.05) is 14.2 Å². The zero-order valence-corrected chi connectivity index (χ0v) is 16.0. The third-order valence-corrected chi connectivity index (χ3v) is 8.68. The van der Waals surface area contributed by atoms with Gasteiger partial charge in [-0.25, -0.2) is 4.98 Å². The number of aromatic nitrogens is 1. The molecule has 0 aliphatic heterocycles. The Kier molecular flexibility index (Phi) is 5.55. The molecule has 120 valence electrons. The van der Waals surface area contributed by atoms with E-state index in [0.29, 0.717) is 23.3 Å². The van der Waals surface area contributed by atoms with E-state index >= 15 is 0 Å². The van der Waals surface area contributed by atoms with Crippen LogP contribution in [0.5, 0.6) is 17.4 Å². The van der Waals surface area contributed by atoms with Crippen LogP contribution < -0.4 is 13.9 Å². The van der Waals surface area contributed by atoms with Gasteiger partial charge in [0.05, 0.1) is 25.8 Å². The van der Waals surface area contributed by atoms with Gasteiger partial charge in [-0.1, -0.05) is 20.8 Å². The Balaban J connectivity index is 3.46. The van der Waals surface area contributed by atoms with E-state index in [1.807, 2.05) is 6.92 Å². The van der Waals surface area contributed by atoms with Crippen molar-refractivity contribution < 1.29 is 13.9 Å². The van der Waals surface area contributed by atoms with Crippen molar-refractivity contribution in [1.82, 2.24) is 4.98 Å². The van der Waals surface area contributed by atoms with Gasteiger partial charge in [-0.05, 0) is 25.1 Å². The molecule has 0 aliphatic rings. The Morgan fingerprint density at radius 3 is 2.05 bits per heavy atom. The average molecular weight is 332 g/mol. The van der Waals surface area contributed by atoms with E-state index in [1.165, 1.54) is 0 Å². The Bertz CT molecular complexity index is 513. The number of hydrogen-bond donors (Lipinski definition) is 0. The number of alkyl halides is 1. The lowest BCUT2D eigenvalue weighted by Gasteiger charge is -2.37. The molecule has 0 N–H and O–H groups in total. The third-order valence-electron chi connectivity index (χ3n) is 4.10. The maximum absolute atomic E-state index is 6.44. The van der Waals surface area contributed by atoms with E-state index in [0.717, 1.165) is 11.3 Å². The molecule has 0 radical (unpaired) electrons. The van der Waals surface area contributed by atoms with Gasteiger partial charge in [0.15, 0.2) is 5.75 Å². The zero-order chi connectivity index (χ0) is 16.4. The van der Waals surface area contributed by atoms with Crippen LogP contribution in [0.15, 0.2) is 0 Å². The molecule has 0 amide bonds. The molecule has 21 heavy (non-hydrogen) atoms. The third kappa shape index (κ3) is 3.63. The second-order valence-corrected chi connectivity index (χ2v) is 11.5. The Morgan fingerprint density at radius 1 is 1.10 bits per heavy atom. The number of hydrogen-bond acceptors (Lipinski definition) is 4. The van der Waals surface area contributed by atoms with E-state index in [4.69, 9.17) is 25.5 Å². The van der Waals surface area contributed by atoms with Gasteiger partial charge < -0.3 is 13.9 Å². The summed E-state index contributed by atoms with van der Waals surface area (Å²) in [5, 5.41) is 0.0854. The van der Waals surface area contributed by atoms with Crippen molar-refractivity contribution in [1.29, 1.82) is 0 Å². The number of pyridine rings is 1. The SMILES string of the molecule is COc1nc(CCl)c(C)c(O[Si](C)(C)C(C)(C)C)c1OC. The van der Waals surface area contributed by atoms with Crippen LogP contribution in [0.25, 0.3) is 0 Å². The Morgan fingerprint density at radius 2 is 1.67 bits per heavy atom. The van der Waals surface area contributed by atoms with Gasteiger partial charge in [-0.2, -0.15) is 0 Å². The van der Waals surface area contributed by atoms with E-state index in [9.17, 15) is 0 Å². The number of methoxy groups -OCH3 is 2. The van der Waals surface area contributed by atoms with E-state index in [2.05, 4.69) is 38.8 Å². The fraction of sp³-hybridized carbons (Fsp3) is 0.667. The highest BCUT2D eigenvalue weighted by atomic mass is 35.5. The van der Waals surface area contributed by atoms with Crippen LogP contribution in [0.3, 0.4) is 0 Å².